The summed E-state index contributed by atoms with van der Waals surface area (Å²) in [5, 5.41) is 11.1. The van der Waals surface area contributed by atoms with Gasteiger partial charge in [0.2, 0.25) is 0 Å². The second-order valence-electron chi connectivity index (χ2n) is 10.5. The smallest absolute Gasteiger partial charge is 0.320 e. The second-order valence-corrected chi connectivity index (χ2v) is 10.5. The van der Waals surface area contributed by atoms with Gasteiger partial charge < -0.3 is 10.1 Å². The van der Waals surface area contributed by atoms with Gasteiger partial charge in [0.25, 0.3) is 0 Å². The molecule has 0 bridgehead atoms. The lowest BCUT2D eigenvalue weighted by Gasteiger charge is -2.21. The summed E-state index contributed by atoms with van der Waals surface area (Å²) in [6, 6.07) is 13.2. The third kappa shape index (κ3) is 5.83. The Bertz CT molecular complexity index is 1300. The zero-order chi connectivity index (χ0) is 27.5. The molecule has 3 heterocycles. The zero-order valence-electron chi connectivity index (χ0n) is 22.7. The number of rotatable bonds is 8. The highest BCUT2D eigenvalue weighted by Crippen LogP contribution is 2.35. The number of hydrogen-bond donors (Lipinski definition) is 2. The molecule has 39 heavy (non-hydrogen) atoms. The van der Waals surface area contributed by atoms with Crippen molar-refractivity contribution in [3.8, 4) is 5.69 Å². The van der Waals surface area contributed by atoms with Gasteiger partial charge in [-0.3, -0.25) is 15.1 Å². The number of anilines is 1. The average molecular weight is 539 g/mol. The summed E-state index contributed by atoms with van der Waals surface area (Å²) in [5.41, 5.74) is 3.39. The summed E-state index contributed by atoms with van der Waals surface area (Å²) in [5.74, 6) is -1.36. The highest BCUT2D eigenvalue weighted by molar-refractivity contribution is 5.90. The Morgan fingerprint density at radius 2 is 1.92 bits per heavy atom. The minimum atomic E-state index is -0.891. The van der Waals surface area contributed by atoms with Crippen molar-refractivity contribution in [1.29, 1.82) is 0 Å². The molecular formula is C29H36F2N6O2. The molecule has 2 aliphatic rings. The number of hydrogen-bond acceptors (Lipinski definition) is 5. The van der Waals surface area contributed by atoms with Crippen molar-refractivity contribution in [2.45, 2.75) is 37.8 Å². The van der Waals surface area contributed by atoms with Gasteiger partial charge in [-0.2, -0.15) is 5.10 Å². The van der Waals surface area contributed by atoms with E-state index in [1.165, 1.54) is 6.07 Å². The number of para-hydroxylation sites is 1. The van der Waals surface area contributed by atoms with E-state index in [0.717, 1.165) is 42.4 Å². The van der Waals surface area contributed by atoms with Gasteiger partial charge in [-0.15, -0.1) is 0 Å². The predicted molar refractivity (Wildman–Crippen MR) is 146 cm³/mol. The molecule has 1 aromatic heterocycles. The molecule has 0 saturated carbocycles. The Labute approximate surface area is 227 Å². The van der Waals surface area contributed by atoms with Gasteiger partial charge >= 0.3 is 6.03 Å². The Balaban J connectivity index is 1.40. The number of methoxy groups -OCH3 is 1. The van der Waals surface area contributed by atoms with Gasteiger partial charge in [-0.05, 0) is 63.2 Å². The summed E-state index contributed by atoms with van der Waals surface area (Å²) in [4.78, 5) is 17.9. The van der Waals surface area contributed by atoms with Gasteiger partial charge in [0.15, 0.2) is 11.6 Å². The standard InChI is InChI=1S/C29H36F2N6O2/c1-19-27(26-10-7-13-35(26)2)34-37(21-8-5-4-6-9-21)28(19)33-29(38)32-25-18-36(14-15-39-3)17-22(25)20-11-12-23(30)24(31)16-20/h4-6,8-9,11-12,16,22,25-26H,7,10,13-15,17-18H2,1-3H3,(H2,32,33,38)/t22-,25+,26?/m0/s1. The van der Waals surface area contributed by atoms with E-state index in [0.29, 0.717) is 37.6 Å². The summed E-state index contributed by atoms with van der Waals surface area (Å²) < 4.78 is 34.8. The van der Waals surface area contributed by atoms with Crippen molar-refractivity contribution in [3.05, 3.63) is 77.0 Å². The van der Waals surface area contributed by atoms with Crippen molar-refractivity contribution >= 4 is 11.8 Å². The van der Waals surface area contributed by atoms with Gasteiger partial charge in [0.1, 0.15) is 5.82 Å². The number of halogens is 2. The molecule has 0 radical (unpaired) electrons. The van der Waals surface area contributed by atoms with Gasteiger partial charge in [-0.25, -0.2) is 18.3 Å². The van der Waals surface area contributed by atoms with E-state index in [4.69, 9.17) is 9.84 Å². The minimum absolute atomic E-state index is 0.195. The minimum Gasteiger partial charge on any atom is -0.383 e. The SMILES string of the molecule is COCCN1C[C@@H](NC(=O)Nc2c(C)c(C3CCCN3C)nn2-c2ccccc2)[C@H](c2ccc(F)c(F)c2)C1. The van der Waals surface area contributed by atoms with Gasteiger partial charge in [-0.1, -0.05) is 24.3 Å². The first-order valence-corrected chi connectivity index (χ1v) is 13.4. The van der Waals surface area contributed by atoms with Crippen LogP contribution in [0.25, 0.3) is 5.69 Å². The maximum Gasteiger partial charge on any atom is 0.320 e. The molecule has 3 aromatic rings. The number of likely N-dealkylation sites (tertiary alicyclic amines) is 2. The second kappa shape index (κ2) is 11.8. The first-order valence-electron chi connectivity index (χ1n) is 13.4. The van der Waals surface area contributed by atoms with E-state index in [2.05, 4.69) is 27.5 Å². The highest BCUT2D eigenvalue weighted by Gasteiger charge is 2.36. The molecule has 3 atom stereocenters. The number of ether oxygens (including phenoxy) is 1. The van der Waals surface area contributed by atoms with Crippen molar-refractivity contribution in [3.63, 3.8) is 0 Å². The molecule has 208 valence electrons. The monoisotopic (exact) mass is 538 g/mol. The molecule has 2 saturated heterocycles. The molecule has 0 aliphatic carbocycles. The first kappa shape index (κ1) is 27.2. The molecule has 1 unspecified atom stereocenters. The normalized spacial score (nSPS) is 21.9. The third-order valence-corrected chi connectivity index (χ3v) is 7.92. The van der Waals surface area contributed by atoms with Crippen molar-refractivity contribution < 1.29 is 18.3 Å². The van der Waals surface area contributed by atoms with Gasteiger partial charge in [0.05, 0.1) is 30.1 Å². The van der Waals surface area contributed by atoms with E-state index in [-0.39, 0.29) is 24.0 Å². The molecule has 2 amide bonds. The van der Waals surface area contributed by atoms with Crippen molar-refractivity contribution in [2.24, 2.45) is 0 Å². The maximum absolute atomic E-state index is 14.1. The summed E-state index contributed by atoms with van der Waals surface area (Å²) in [6.07, 6.45) is 2.12. The van der Waals surface area contributed by atoms with Crippen molar-refractivity contribution in [2.75, 3.05) is 52.3 Å². The summed E-state index contributed by atoms with van der Waals surface area (Å²) in [6.45, 7) is 5.38. The number of carbonyl (C=O) groups is 1. The maximum atomic E-state index is 14.1. The lowest BCUT2D eigenvalue weighted by atomic mass is 9.94. The molecule has 2 fully saturated rings. The van der Waals surface area contributed by atoms with Crippen molar-refractivity contribution in [1.82, 2.24) is 24.9 Å². The Hall–Kier alpha value is -3.34. The summed E-state index contributed by atoms with van der Waals surface area (Å²) >= 11 is 0. The molecule has 8 nitrogen and oxygen atoms in total. The Morgan fingerprint density at radius 3 is 2.62 bits per heavy atom. The first-order chi connectivity index (χ1) is 18.9. The number of carbonyl (C=O) groups excluding carboxylic acids is 1. The number of amides is 2. The molecule has 2 N–H and O–H groups in total. The Kier molecular flexibility index (Phi) is 8.25. The molecule has 10 heteroatoms. The predicted octanol–water partition coefficient (Wildman–Crippen LogP) is 4.46. The largest absolute Gasteiger partial charge is 0.383 e. The number of nitrogens with zero attached hydrogens (tertiary/aromatic N) is 4. The fraction of sp³-hybridized carbons (Fsp3) is 0.448. The van der Waals surface area contributed by atoms with E-state index in [9.17, 15) is 13.6 Å². The number of aromatic nitrogens is 2. The molecule has 2 aliphatic heterocycles. The van der Waals surface area contributed by atoms with Crippen LogP contribution in [0.5, 0.6) is 0 Å². The van der Waals surface area contributed by atoms with Crippen LogP contribution in [0.2, 0.25) is 0 Å². The van der Waals surface area contributed by atoms with Crippen LogP contribution in [0.15, 0.2) is 48.5 Å². The quantitative estimate of drug-likeness (QED) is 0.443. The lowest BCUT2D eigenvalue weighted by Crippen LogP contribution is -2.42. The van der Waals surface area contributed by atoms with Crippen LogP contribution in [0.4, 0.5) is 19.4 Å². The van der Waals surface area contributed by atoms with Crippen LogP contribution in [0, 0.1) is 18.6 Å². The highest BCUT2D eigenvalue weighted by atomic mass is 19.2. The van der Waals surface area contributed by atoms with Crippen LogP contribution < -0.4 is 10.6 Å². The molecule has 2 aromatic carbocycles. The van der Waals surface area contributed by atoms with Crippen LogP contribution in [-0.2, 0) is 4.74 Å². The van der Waals surface area contributed by atoms with Crippen LogP contribution in [-0.4, -0.2) is 78.6 Å². The average Bonchev–Trinajstić information content (AvgIpc) is 3.62. The number of benzene rings is 2. The van der Waals surface area contributed by atoms with Gasteiger partial charge in [0, 0.05) is 38.2 Å². The zero-order valence-corrected chi connectivity index (χ0v) is 22.7. The fourth-order valence-electron chi connectivity index (χ4n) is 5.82. The molecule has 5 rings (SSSR count). The topological polar surface area (TPSA) is 74.7 Å². The van der Waals surface area contributed by atoms with Crippen LogP contribution >= 0.6 is 0 Å². The molecular weight excluding hydrogens is 502 g/mol. The lowest BCUT2D eigenvalue weighted by molar-refractivity contribution is 0.159. The van der Waals surface area contributed by atoms with E-state index in [1.807, 2.05) is 37.3 Å². The third-order valence-electron chi connectivity index (χ3n) is 7.92. The van der Waals surface area contributed by atoms with Crippen LogP contribution in [0.1, 0.15) is 41.6 Å². The van der Waals surface area contributed by atoms with E-state index >= 15 is 0 Å². The number of nitrogens with one attached hydrogen (secondary N) is 2. The summed E-state index contributed by atoms with van der Waals surface area (Å²) in [7, 11) is 3.74. The number of urea groups is 1. The van der Waals surface area contributed by atoms with Crippen LogP contribution in [0.3, 0.4) is 0 Å². The van der Waals surface area contributed by atoms with E-state index in [1.54, 1.807) is 17.9 Å². The van der Waals surface area contributed by atoms with E-state index < -0.39 is 11.6 Å². The molecule has 0 spiro atoms. The fourth-order valence-corrected chi connectivity index (χ4v) is 5.82. The Morgan fingerprint density at radius 1 is 1.13 bits per heavy atom.